The van der Waals surface area contributed by atoms with Gasteiger partial charge in [0.2, 0.25) is 5.95 Å². The van der Waals surface area contributed by atoms with Gasteiger partial charge in [0, 0.05) is 5.56 Å². The lowest BCUT2D eigenvalue weighted by molar-refractivity contribution is 0.607. The summed E-state index contributed by atoms with van der Waals surface area (Å²) in [6.07, 6.45) is 0.921. The quantitative estimate of drug-likeness (QED) is 0.778. The average Bonchev–Trinajstić information content (AvgIpc) is 2.23. The zero-order valence-corrected chi connectivity index (χ0v) is 7.61. The first-order valence-corrected chi connectivity index (χ1v) is 4.21. The van der Waals surface area contributed by atoms with Gasteiger partial charge < -0.3 is 5.73 Å². The Bertz CT molecular complexity index is 500. The maximum absolute atomic E-state index is 13.3. The van der Waals surface area contributed by atoms with Crippen LogP contribution in [0.3, 0.4) is 0 Å². The standard InChI is InChI=1S/C10H7F2N3/c11-7-4-2-1-3-6(7)9-8(12)5-14-10(13)15-9/h1-5H,(H2,13,14,15). The third-order valence-corrected chi connectivity index (χ3v) is 1.89. The van der Waals surface area contributed by atoms with Crippen LogP contribution in [-0.2, 0) is 0 Å². The number of nitrogens with zero attached hydrogens (tertiary/aromatic N) is 2. The molecule has 0 aliphatic rings. The average molecular weight is 207 g/mol. The molecule has 76 valence electrons. The lowest BCUT2D eigenvalue weighted by atomic mass is 10.1. The summed E-state index contributed by atoms with van der Waals surface area (Å²) in [6, 6.07) is 5.77. The van der Waals surface area contributed by atoms with E-state index in [-0.39, 0.29) is 17.2 Å². The highest BCUT2D eigenvalue weighted by Gasteiger charge is 2.11. The highest BCUT2D eigenvalue weighted by Crippen LogP contribution is 2.23. The summed E-state index contributed by atoms with van der Waals surface area (Å²) in [4.78, 5) is 7.12. The van der Waals surface area contributed by atoms with Crippen molar-refractivity contribution in [2.75, 3.05) is 5.73 Å². The van der Waals surface area contributed by atoms with Crippen LogP contribution in [0.4, 0.5) is 14.7 Å². The minimum absolute atomic E-state index is 0.0732. The molecule has 5 heteroatoms. The van der Waals surface area contributed by atoms with Crippen LogP contribution in [0.15, 0.2) is 30.5 Å². The number of anilines is 1. The van der Waals surface area contributed by atoms with E-state index in [0.29, 0.717) is 0 Å². The van der Waals surface area contributed by atoms with E-state index in [1.807, 2.05) is 0 Å². The molecule has 0 aliphatic carbocycles. The second-order valence-electron chi connectivity index (χ2n) is 2.90. The van der Waals surface area contributed by atoms with Crippen LogP contribution < -0.4 is 5.73 Å². The molecule has 2 N–H and O–H groups in total. The molecule has 15 heavy (non-hydrogen) atoms. The van der Waals surface area contributed by atoms with Crippen molar-refractivity contribution in [3.63, 3.8) is 0 Å². The Kier molecular flexibility index (Phi) is 2.29. The van der Waals surface area contributed by atoms with E-state index in [1.54, 1.807) is 6.07 Å². The monoisotopic (exact) mass is 207 g/mol. The Hall–Kier alpha value is -2.04. The van der Waals surface area contributed by atoms with Crippen LogP contribution in [-0.4, -0.2) is 9.97 Å². The van der Waals surface area contributed by atoms with E-state index in [9.17, 15) is 8.78 Å². The predicted molar refractivity (Wildman–Crippen MR) is 51.8 cm³/mol. The van der Waals surface area contributed by atoms with E-state index < -0.39 is 11.6 Å². The fraction of sp³-hybridized carbons (Fsp3) is 0. The second-order valence-corrected chi connectivity index (χ2v) is 2.90. The Labute approximate surface area is 84.6 Å². The SMILES string of the molecule is Nc1ncc(F)c(-c2ccccc2F)n1. The number of benzene rings is 1. The summed E-state index contributed by atoms with van der Waals surface area (Å²) < 4.78 is 26.6. The first-order valence-electron chi connectivity index (χ1n) is 4.21. The normalized spacial score (nSPS) is 10.3. The Morgan fingerprint density at radius 2 is 1.80 bits per heavy atom. The minimum Gasteiger partial charge on any atom is -0.368 e. The van der Waals surface area contributed by atoms with Crippen molar-refractivity contribution in [3.8, 4) is 11.3 Å². The van der Waals surface area contributed by atoms with Gasteiger partial charge in [0.15, 0.2) is 5.82 Å². The number of hydrogen-bond donors (Lipinski definition) is 1. The van der Waals surface area contributed by atoms with Crippen LogP contribution in [0.5, 0.6) is 0 Å². The van der Waals surface area contributed by atoms with Crippen molar-refractivity contribution in [2.24, 2.45) is 0 Å². The molecule has 1 heterocycles. The number of aromatic nitrogens is 2. The third kappa shape index (κ3) is 1.76. The topological polar surface area (TPSA) is 51.8 Å². The molecule has 0 amide bonds. The molecule has 0 radical (unpaired) electrons. The molecule has 0 fully saturated rings. The highest BCUT2D eigenvalue weighted by atomic mass is 19.1. The zero-order chi connectivity index (χ0) is 10.8. The number of nitrogens with two attached hydrogens (primary N) is 1. The summed E-state index contributed by atoms with van der Waals surface area (Å²) >= 11 is 0. The van der Waals surface area contributed by atoms with Gasteiger partial charge in [-0.25, -0.2) is 18.7 Å². The van der Waals surface area contributed by atoms with E-state index >= 15 is 0 Å². The zero-order valence-electron chi connectivity index (χ0n) is 7.61. The molecule has 1 aromatic heterocycles. The van der Waals surface area contributed by atoms with Crippen molar-refractivity contribution in [1.29, 1.82) is 0 Å². The molecule has 2 rings (SSSR count). The maximum atomic E-state index is 13.3. The molecule has 0 saturated carbocycles. The van der Waals surface area contributed by atoms with Gasteiger partial charge in [-0.1, -0.05) is 12.1 Å². The number of halogens is 2. The van der Waals surface area contributed by atoms with Gasteiger partial charge in [0.25, 0.3) is 0 Å². The number of hydrogen-bond acceptors (Lipinski definition) is 3. The fourth-order valence-corrected chi connectivity index (χ4v) is 1.22. The second kappa shape index (κ2) is 3.61. The van der Waals surface area contributed by atoms with Gasteiger partial charge in [-0.3, -0.25) is 0 Å². The summed E-state index contributed by atoms with van der Waals surface area (Å²) in [5, 5.41) is 0. The van der Waals surface area contributed by atoms with Gasteiger partial charge in [-0.05, 0) is 12.1 Å². The molecule has 3 nitrogen and oxygen atoms in total. The lowest BCUT2D eigenvalue weighted by Gasteiger charge is -2.03. The summed E-state index contributed by atoms with van der Waals surface area (Å²) in [7, 11) is 0. The van der Waals surface area contributed by atoms with Gasteiger partial charge >= 0.3 is 0 Å². The van der Waals surface area contributed by atoms with E-state index in [4.69, 9.17) is 5.73 Å². The Morgan fingerprint density at radius 1 is 1.07 bits per heavy atom. The van der Waals surface area contributed by atoms with Crippen molar-refractivity contribution in [3.05, 3.63) is 42.1 Å². The van der Waals surface area contributed by atoms with Crippen molar-refractivity contribution in [2.45, 2.75) is 0 Å². The third-order valence-electron chi connectivity index (χ3n) is 1.89. The van der Waals surface area contributed by atoms with Crippen molar-refractivity contribution < 1.29 is 8.78 Å². The van der Waals surface area contributed by atoms with Crippen molar-refractivity contribution in [1.82, 2.24) is 9.97 Å². The predicted octanol–water partition coefficient (Wildman–Crippen LogP) is 2.00. The smallest absolute Gasteiger partial charge is 0.220 e. The number of rotatable bonds is 1. The summed E-state index contributed by atoms with van der Waals surface area (Å²) in [5.41, 5.74) is 5.25. The highest BCUT2D eigenvalue weighted by molar-refractivity contribution is 5.61. The Balaban J connectivity index is 2.64. The largest absolute Gasteiger partial charge is 0.368 e. The maximum Gasteiger partial charge on any atom is 0.220 e. The van der Waals surface area contributed by atoms with E-state index in [2.05, 4.69) is 9.97 Å². The van der Waals surface area contributed by atoms with Crippen LogP contribution in [0.1, 0.15) is 0 Å². The molecule has 0 spiro atoms. The van der Waals surface area contributed by atoms with E-state index in [1.165, 1.54) is 18.2 Å². The van der Waals surface area contributed by atoms with Crippen LogP contribution in [0.25, 0.3) is 11.3 Å². The molecule has 0 bridgehead atoms. The molecule has 0 unspecified atom stereocenters. The molecule has 0 aliphatic heterocycles. The lowest BCUT2D eigenvalue weighted by Crippen LogP contribution is -1.99. The van der Waals surface area contributed by atoms with Crippen LogP contribution in [0, 0.1) is 11.6 Å². The minimum atomic E-state index is -0.700. The Morgan fingerprint density at radius 3 is 2.53 bits per heavy atom. The fourth-order valence-electron chi connectivity index (χ4n) is 1.22. The first kappa shape index (κ1) is 9.51. The molecule has 0 atom stereocenters. The first-order chi connectivity index (χ1) is 7.18. The van der Waals surface area contributed by atoms with Gasteiger partial charge in [-0.2, -0.15) is 0 Å². The van der Waals surface area contributed by atoms with Gasteiger partial charge in [0.1, 0.15) is 11.5 Å². The van der Waals surface area contributed by atoms with Crippen molar-refractivity contribution >= 4 is 5.95 Å². The number of nitrogen functional groups attached to an aromatic ring is 1. The van der Waals surface area contributed by atoms with Gasteiger partial charge in [0.05, 0.1) is 6.20 Å². The molecule has 2 aromatic rings. The van der Waals surface area contributed by atoms with Crippen LogP contribution in [0.2, 0.25) is 0 Å². The molecular formula is C10H7F2N3. The summed E-state index contributed by atoms with van der Waals surface area (Å²) in [6.45, 7) is 0. The molecular weight excluding hydrogens is 200 g/mol. The van der Waals surface area contributed by atoms with Gasteiger partial charge in [-0.15, -0.1) is 0 Å². The van der Waals surface area contributed by atoms with E-state index in [0.717, 1.165) is 6.20 Å². The van der Waals surface area contributed by atoms with Crippen LogP contribution >= 0.6 is 0 Å². The molecule has 1 aromatic carbocycles. The summed E-state index contributed by atoms with van der Waals surface area (Å²) in [5.74, 6) is -1.33. The molecule has 0 saturated heterocycles.